The van der Waals surface area contributed by atoms with E-state index >= 15 is 0 Å². The molecule has 0 radical (unpaired) electrons. The van der Waals surface area contributed by atoms with Gasteiger partial charge in [0.15, 0.2) is 5.69 Å². The lowest BCUT2D eigenvalue weighted by Crippen LogP contribution is -2.49. The first-order valence-corrected chi connectivity index (χ1v) is 7.45. The van der Waals surface area contributed by atoms with Gasteiger partial charge in [0.1, 0.15) is 17.8 Å². The summed E-state index contributed by atoms with van der Waals surface area (Å²) in [6.07, 6.45) is -2.37. The summed E-state index contributed by atoms with van der Waals surface area (Å²) in [6.45, 7) is 1.71. The molecule has 0 unspecified atom stereocenters. The number of alkyl halides is 3. The minimum atomic E-state index is -4.71. The van der Waals surface area contributed by atoms with E-state index in [4.69, 9.17) is 4.74 Å². The summed E-state index contributed by atoms with van der Waals surface area (Å²) in [6, 6.07) is 3.59. The van der Waals surface area contributed by atoms with Crippen LogP contribution in [0.2, 0.25) is 0 Å². The van der Waals surface area contributed by atoms with E-state index in [9.17, 15) is 18.0 Å². The van der Waals surface area contributed by atoms with E-state index in [1.54, 1.807) is 19.4 Å². The number of methoxy groups -OCH3 is 1. The van der Waals surface area contributed by atoms with Crippen molar-refractivity contribution in [2.45, 2.75) is 6.18 Å². The topological polar surface area (TPSA) is 71.7 Å². The minimum absolute atomic E-state index is 0.344. The van der Waals surface area contributed by atoms with Crippen LogP contribution >= 0.6 is 0 Å². The summed E-state index contributed by atoms with van der Waals surface area (Å²) < 4.78 is 46.9. The number of amides is 1. The Balaban J connectivity index is 1.61. The third-order valence-electron chi connectivity index (χ3n) is 3.81. The molecular formula is C15H15F3N4O3. The van der Waals surface area contributed by atoms with Crippen LogP contribution in [0.1, 0.15) is 16.4 Å². The normalized spacial score (nSPS) is 15.4. The van der Waals surface area contributed by atoms with Crippen molar-refractivity contribution in [3.63, 3.8) is 0 Å². The third-order valence-corrected chi connectivity index (χ3v) is 3.81. The summed E-state index contributed by atoms with van der Waals surface area (Å²) in [5, 5.41) is 0. The largest absolute Gasteiger partial charge is 0.495 e. The van der Waals surface area contributed by atoms with Crippen molar-refractivity contribution in [2.75, 3.05) is 38.2 Å². The van der Waals surface area contributed by atoms with Gasteiger partial charge in [-0.15, -0.1) is 0 Å². The molecule has 7 nitrogen and oxygen atoms in total. The number of hydrogen-bond donors (Lipinski definition) is 0. The van der Waals surface area contributed by atoms with E-state index in [-0.39, 0.29) is 5.69 Å². The quantitative estimate of drug-likeness (QED) is 0.838. The van der Waals surface area contributed by atoms with E-state index in [0.29, 0.717) is 31.9 Å². The highest BCUT2D eigenvalue weighted by Gasteiger charge is 2.38. The lowest BCUT2D eigenvalue weighted by Gasteiger charge is -2.35. The number of hydrogen-bond acceptors (Lipinski definition) is 6. The SMILES string of the molecule is COc1ccc(N2CCN(C(=O)c3coc(C(F)(F)F)n3)CC2)nc1. The number of anilines is 1. The summed E-state index contributed by atoms with van der Waals surface area (Å²) >= 11 is 0. The van der Waals surface area contributed by atoms with Gasteiger partial charge in [-0.2, -0.15) is 13.2 Å². The molecule has 2 aromatic rings. The maximum atomic E-state index is 12.5. The van der Waals surface area contributed by atoms with Crippen molar-refractivity contribution < 1.29 is 27.1 Å². The van der Waals surface area contributed by atoms with Crippen LogP contribution in [-0.2, 0) is 6.18 Å². The molecule has 25 heavy (non-hydrogen) atoms. The molecule has 0 bridgehead atoms. The van der Waals surface area contributed by atoms with Crippen LogP contribution in [0.3, 0.4) is 0 Å². The Kier molecular flexibility index (Phi) is 4.51. The highest BCUT2D eigenvalue weighted by atomic mass is 19.4. The molecule has 3 heterocycles. The number of oxazole rings is 1. The van der Waals surface area contributed by atoms with Gasteiger partial charge in [0.05, 0.1) is 13.3 Å². The van der Waals surface area contributed by atoms with Gasteiger partial charge in [0.25, 0.3) is 5.91 Å². The second-order valence-electron chi connectivity index (χ2n) is 5.37. The van der Waals surface area contributed by atoms with E-state index in [0.717, 1.165) is 12.1 Å². The molecule has 1 fully saturated rings. The molecule has 0 saturated carbocycles. The average Bonchev–Trinajstić information content (AvgIpc) is 3.12. The van der Waals surface area contributed by atoms with Crippen molar-refractivity contribution in [1.82, 2.24) is 14.9 Å². The Morgan fingerprint density at radius 3 is 2.48 bits per heavy atom. The molecule has 0 spiro atoms. The Morgan fingerprint density at radius 2 is 1.96 bits per heavy atom. The number of piperazine rings is 1. The van der Waals surface area contributed by atoms with Crippen LogP contribution in [0.25, 0.3) is 0 Å². The van der Waals surface area contributed by atoms with Crippen LogP contribution in [-0.4, -0.2) is 54.1 Å². The molecule has 1 saturated heterocycles. The highest BCUT2D eigenvalue weighted by Crippen LogP contribution is 2.28. The molecule has 0 atom stereocenters. The van der Waals surface area contributed by atoms with E-state index < -0.39 is 18.0 Å². The van der Waals surface area contributed by atoms with Gasteiger partial charge >= 0.3 is 12.1 Å². The van der Waals surface area contributed by atoms with Crippen LogP contribution < -0.4 is 9.64 Å². The van der Waals surface area contributed by atoms with Gasteiger partial charge in [-0.3, -0.25) is 4.79 Å². The van der Waals surface area contributed by atoms with Crippen LogP contribution in [0.15, 0.2) is 29.0 Å². The van der Waals surface area contributed by atoms with Crippen molar-refractivity contribution >= 4 is 11.7 Å². The lowest BCUT2D eigenvalue weighted by molar-refractivity contribution is -0.157. The molecule has 3 rings (SSSR count). The first-order valence-electron chi connectivity index (χ1n) is 7.45. The maximum Gasteiger partial charge on any atom is 0.468 e. The van der Waals surface area contributed by atoms with Gasteiger partial charge < -0.3 is 19.0 Å². The van der Waals surface area contributed by atoms with E-state index in [1.807, 2.05) is 11.0 Å². The van der Waals surface area contributed by atoms with E-state index in [1.165, 1.54) is 4.90 Å². The summed E-state index contributed by atoms with van der Waals surface area (Å²) in [5.41, 5.74) is -0.344. The summed E-state index contributed by atoms with van der Waals surface area (Å²) in [7, 11) is 1.55. The van der Waals surface area contributed by atoms with Gasteiger partial charge in [-0.05, 0) is 12.1 Å². The molecule has 10 heteroatoms. The molecule has 1 amide bonds. The zero-order chi connectivity index (χ0) is 18.0. The number of ether oxygens (including phenoxy) is 1. The monoisotopic (exact) mass is 356 g/mol. The molecule has 0 aliphatic carbocycles. The molecular weight excluding hydrogens is 341 g/mol. The molecule has 0 aromatic carbocycles. The predicted octanol–water partition coefficient (Wildman–Crippen LogP) is 2.06. The molecule has 0 N–H and O–H groups in total. The Morgan fingerprint density at radius 1 is 1.24 bits per heavy atom. The molecule has 134 valence electrons. The first kappa shape index (κ1) is 17.1. The molecule has 1 aliphatic heterocycles. The van der Waals surface area contributed by atoms with Gasteiger partial charge in [-0.1, -0.05) is 0 Å². The number of pyridine rings is 1. The number of rotatable bonds is 3. The van der Waals surface area contributed by atoms with Gasteiger partial charge in [0.2, 0.25) is 0 Å². The Hall–Kier alpha value is -2.78. The predicted molar refractivity (Wildman–Crippen MR) is 80.4 cm³/mol. The number of nitrogens with zero attached hydrogens (tertiary/aromatic N) is 4. The second-order valence-corrected chi connectivity index (χ2v) is 5.37. The molecule has 1 aliphatic rings. The number of halogens is 3. The molecule has 2 aromatic heterocycles. The van der Waals surface area contributed by atoms with Gasteiger partial charge in [0, 0.05) is 26.2 Å². The third kappa shape index (κ3) is 3.67. The summed E-state index contributed by atoms with van der Waals surface area (Å²) in [4.78, 5) is 23.2. The van der Waals surface area contributed by atoms with Crippen LogP contribution in [0, 0.1) is 0 Å². The maximum absolute atomic E-state index is 12.5. The fourth-order valence-corrected chi connectivity index (χ4v) is 2.48. The Labute approximate surface area is 141 Å². The van der Waals surface area contributed by atoms with Crippen molar-refractivity contribution in [3.05, 3.63) is 36.2 Å². The van der Waals surface area contributed by atoms with E-state index in [2.05, 4.69) is 14.4 Å². The fourth-order valence-electron chi connectivity index (χ4n) is 2.48. The van der Waals surface area contributed by atoms with Crippen molar-refractivity contribution in [2.24, 2.45) is 0 Å². The smallest absolute Gasteiger partial charge is 0.468 e. The number of aromatic nitrogens is 2. The minimum Gasteiger partial charge on any atom is -0.495 e. The fraction of sp³-hybridized carbons (Fsp3) is 0.400. The highest BCUT2D eigenvalue weighted by molar-refractivity contribution is 5.92. The lowest BCUT2D eigenvalue weighted by atomic mass is 10.2. The van der Waals surface area contributed by atoms with Crippen molar-refractivity contribution in [3.8, 4) is 5.75 Å². The van der Waals surface area contributed by atoms with Gasteiger partial charge in [-0.25, -0.2) is 9.97 Å². The van der Waals surface area contributed by atoms with Crippen molar-refractivity contribution in [1.29, 1.82) is 0 Å². The van der Waals surface area contributed by atoms with Crippen LogP contribution in [0.5, 0.6) is 5.75 Å². The second kappa shape index (κ2) is 6.61. The number of carbonyl (C=O) groups is 1. The standard InChI is InChI=1S/C15H15F3N4O3/c1-24-10-2-3-12(19-8-10)21-4-6-22(7-5-21)13(23)11-9-25-14(20-11)15(16,17)18/h2-3,8-9H,4-7H2,1H3. The zero-order valence-corrected chi connectivity index (χ0v) is 13.3. The first-order chi connectivity index (χ1) is 11.9. The van der Waals surface area contributed by atoms with Crippen LogP contribution in [0.4, 0.5) is 19.0 Å². The zero-order valence-electron chi connectivity index (χ0n) is 13.3. The summed E-state index contributed by atoms with van der Waals surface area (Å²) in [5.74, 6) is -0.615. The Bertz CT molecular complexity index is 737. The number of carbonyl (C=O) groups excluding carboxylic acids is 1. The average molecular weight is 356 g/mol.